The number of hydrogen-bond acceptors (Lipinski definition) is 4. The van der Waals surface area contributed by atoms with Crippen LogP contribution in [-0.2, 0) is 14.4 Å². The summed E-state index contributed by atoms with van der Waals surface area (Å²) >= 11 is 0. The van der Waals surface area contributed by atoms with Gasteiger partial charge in [-0.05, 0) is 32.6 Å². The summed E-state index contributed by atoms with van der Waals surface area (Å²) in [6.45, 7) is 5.04. The second kappa shape index (κ2) is 7.19. The first-order chi connectivity index (χ1) is 11.3. The molecule has 134 valence electrons. The summed E-state index contributed by atoms with van der Waals surface area (Å²) in [5, 5.41) is 7.88. The van der Waals surface area contributed by atoms with Crippen LogP contribution in [0.25, 0.3) is 0 Å². The van der Waals surface area contributed by atoms with Gasteiger partial charge >= 0.3 is 6.03 Å². The Balaban J connectivity index is 1.92. The van der Waals surface area contributed by atoms with Crippen molar-refractivity contribution in [1.29, 1.82) is 0 Å². The van der Waals surface area contributed by atoms with Gasteiger partial charge in [-0.2, -0.15) is 0 Å². The van der Waals surface area contributed by atoms with Crippen LogP contribution in [0.2, 0.25) is 0 Å². The zero-order valence-corrected chi connectivity index (χ0v) is 14.5. The van der Waals surface area contributed by atoms with Crippen molar-refractivity contribution < 1.29 is 19.2 Å². The fourth-order valence-electron chi connectivity index (χ4n) is 3.39. The fraction of sp³-hybridized carbons (Fsp3) is 0.750. The summed E-state index contributed by atoms with van der Waals surface area (Å²) in [5.41, 5.74) is -0.870. The summed E-state index contributed by atoms with van der Waals surface area (Å²) in [6.07, 6.45) is 3.40. The van der Waals surface area contributed by atoms with Crippen LogP contribution < -0.4 is 16.0 Å². The van der Waals surface area contributed by atoms with Crippen LogP contribution in [0.15, 0.2) is 0 Å². The van der Waals surface area contributed by atoms with Gasteiger partial charge in [-0.3, -0.25) is 19.3 Å². The van der Waals surface area contributed by atoms with E-state index in [0.717, 1.165) is 24.2 Å². The SMILES string of the molecule is CC(C)NC(=O)CNC(=O)CN1C(=O)NC2(CCCCC2C)C1=O. The van der Waals surface area contributed by atoms with Crippen molar-refractivity contribution in [2.45, 2.75) is 58.0 Å². The van der Waals surface area contributed by atoms with Crippen LogP contribution in [0.3, 0.4) is 0 Å². The number of imide groups is 1. The van der Waals surface area contributed by atoms with Gasteiger partial charge in [0.05, 0.1) is 6.54 Å². The van der Waals surface area contributed by atoms with E-state index >= 15 is 0 Å². The molecule has 24 heavy (non-hydrogen) atoms. The molecule has 1 saturated carbocycles. The summed E-state index contributed by atoms with van der Waals surface area (Å²) in [7, 11) is 0. The average Bonchev–Trinajstić information content (AvgIpc) is 2.73. The first-order valence-corrected chi connectivity index (χ1v) is 8.46. The van der Waals surface area contributed by atoms with Crippen molar-refractivity contribution in [3.8, 4) is 0 Å². The molecule has 0 aromatic heterocycles. The van der Waals surface area contributed by atoms with Crippen LogP contribution in [-0.4, -0.2) is 53.3 Å². The molecule has 0 bridgehead atoms. The molecule has 1 saturated heterocycles. The number of rotatable bonds is 5. The van der Waals surface area contributed by atoms with Crippen molar-refractivity contribution in [2.24, 2.45) is 5.92 Å². The topological polar surface area (TPSA) is 108 Å². The van der Waals surface area contributed by atoms with E-state index in [2.05, 4.69) is 16.0 Å². The van der Waals surface area contributed by atoms with Gasteiger partial charge in [0, 0.05) is 6.04 Å². The smallest absolute Gasteiger partial charge is 0.325 e. The van der Waals surface area contributed by atoms with Gasteiger partial charge in [0.25, 0.3) is 5.91 Å². The molecule has 0 aromatic carbocycles. The van der Waals surface area contributed by atoms with Crippen molar-refractivity contribution in [3.63, 3.8) is 0 Å². The zero-order valence-electron chi connectivity index (χ0n) is 14.5. The Kier molecular flexibility index (Phi) is 5.46. The predicted molar refractivity (Wildman–Crippen MR) is 86.9 cm³/mol. The molecule has 0 radical (unpaired) electrons. The molecule has 2 aliphatic rings. The Labute approximate surface area is 141 Å². The molecule has 1 aliphatic heterocycles. The Morgan fingerprint density at radius 2 is 2.00 bits per heavy atom. The van der Waals surface area contributed by atoms with E-state index in [0.29, 0.717) is 6.42 Å². The van der Waals surface area contributed by atoms with E-state index in [4.69, 9.17) is 0 Å². The van der Waals surface area contributed by atoms with Crippen LogP contribution >= 0.6 is 0 Å². The minimum atomic E-state index is -0.870. The molecule has 5 amide bonds. The molecule has 3 N–H and O–H groups in total. The first kappa shape index (κ1) is 18.2. The number of urea groups is 1. The van der Waals surface area contributed by atoms with Crippen molar-refractivity contribution in [1.82, 2.24) is 20.9 Å². The summed E-state index contributed by atoms with van der Waals surface area (Å²) in [5.74, 6) is -1.13. The van der Waals surface area contributed by atoms with E-state index in [-0.39, 0.29) is 36.9 Å². The zero-order chi connectivity index (χ0) is 17.9. The van der Waals surface area contributed by atoms with Gasteiger partial charge in [-0.15, -0.1) is 0 Å². The lowest BCUT2D eigenvalue weighted by molar-refractivity contribution is -0.137. The molecule has 1 spiro atoms. The Morgan fingerprint density at radius 1 is 1.29 bits per heavy atom. The predicted octanol–water partition coefficient (Wildman–Crippen LogP) is 0.128. The quantitative estimate of drug-likeness (QED) is 0.619. The molecule has 8 nitrogen and oxygen atoms in total. The van der Waals surface area contributed by atoms with Crippen molar-refractivity contribution in [3.05, 3.63) is 0 Å². The molecule has 0 aromatic rings. The molecule has 2 unspecified atom stereocenters. The molecule has 1 heterocycles. The lowest BCUT2D eigenvalue weighted by atomic mass is 9.73. The second-order valence-corrected chi connectivity index (χ2v) is 6.94. The average molecular weight is 338 g/mol. The maximum absolute atomic E-state index is 12.7. The van der Waals surface area contributed by atoms with Crippen LogP contribution in [0.1, 0.15) is 46.5 Å². The largest absolute Gasteiger partial charge is 0.352 e. The number of hydrogen-bond donors (Lipinski definition) is 3. The van der Waals surface area contributed by atoms with Gasteiger partial charge in [0.15, 0.2) is 0 Å². The van der Waals surface area contributed by atoms with Gasteiger partial charge in [0.1, 0.15) is 12.1 Å². The Bertz CT molecular complexity index is 548. The van der Waals surface area contributed by atoms with E-state index in [1.54, 1.807) is 0 Å². The lowest BCUT2D eigenvalue weighted by Gasteiger charge is -2.36. The van der Waals surface area contributed by atoms with Gasteiger partial charge in [0.2, 0.25) is 11.8 Å². The third-order valence-corrected chi connectivity index (χ3v) is 4.70. The maximum atomic E-state index is 12.7. The van der Waals surface area contributed by atoms with E-state index in [9.17, 15) is 19.2 Å². The molecule has 2 rings (SSSR count). The number of nitrogens with zero attached hydrogens (tertiary/aromatic N) is 1. The van der Waals surface area contributed by atoms with E-state index < -0.39 is 17.5 Å². The number of amides is 5. The standard InChI is InChI=1S/C16H26N4O4/c1-10(2)18-12(21)8-17-13(22)9-20-14(23)16(19-15(20)24)7-5-4-6-11(16)3/h10-11H,4-9H2,1-3H3,(H,17,22)(H,18,21)(H,19,24). The number of nitrogens with one attached hydrogen (secondary N) is 3. The first-order valence-electron chi connectivity index (χ1n) is 8.46. The lowest BCUT2D eigenvalue weighted by Crippen LogP contribution is -2.54. The van der Waals surface area contributed by atoms with Gasteiger partial charge in [-0.25, -0.2) is 4.79 Å². The number of carbonyl (C=O) groups excluding carboxylic acids is 4. The van der Waals surface area contributed by atoms with Gasteiger partial charge in [-0.1, -0.05) is 19.8 Å². The second-order valence-electron chi connectivity index (χ2n) is 6.94. The highest BCUT2D eigenvalue weighted by molar-refractivity contribution is 6.09. The summed E-state index contributed by atoms with van der Waals surface area (Å²) in [4.78, 5) is 49.3. The van der Waals surface area contributed by atoms with Crippen molar-refractivity contribution >= 4 is 23.8 Å². The highest BCUT2D eigenvalue weighted by Gasteiger charge is 2.55. The monoisotopic (exact) mass is 338 g/mol. The highest BCUT2D eigenvalue weighted by Crippen LogP contribution is 2.38. The van der Waals surface area contributed by atoms with Crippen LogP contribution in [0, 0.1) is 5.92 Å². The Hall–Kier alpha value is -2.12. The van der Waals surface area contributed by atoms with Crippen molar-refractivity contribution in [2.75, 3.05) is 13.1 Å². The molecular formula is C16H26N4O4. The third-order valence-electron chi connectivity index (χ3n) is 4.70. The Morgan fingerprint density at radius 3 is 2.62 bits per heavy atom. The van der Waals surface area contributed by atoms with Crippen LogP contribution in [0.5, 0.6) is 0 Å². The van der Waals surface area contributed by atoms with E-state index in [1.807, 2.05) is 20.8 Å². The summed E-state index contributed by atoms with van der Waals surface area (Å²) < 4.78 is 0. The molecule has 2 fully saturated rings. The van der Waals surface area contributed by atoms with E-state index in [1.165, 1.54) is 0 Å². The highest BCUT2D eigenvalue weighted by atomic mass is 16.2. The normalized spacial score (nSPS) is 26.7. The molecule has 8 heteroatoms. The molecule has 1 aliphatic carbocycles. The maximum Gasteiger partial charge on any atom is 0.325 e. The third kappa shape index (κ3) is 3.68. The minimum Gasteiger partial charge on any atom is -0.352 e. The molecule has 2 atom stereocenters. The fourth-order valence-corrected chi connectivity index (χ4v) is 3.39. The minimum absolute atomic E-state index is 0.0204. The van der Waals surface area contributed by atoms with Gasteiger partial charge < -0.3 is 16.0 Å². The number of carbonyl (C=O) groups is 4. The summed E-state index contributed by atoms with van der Waals surface area (Å²) in [6, 6.07) is -0.552. The van der Waals surface area contributed by atoms with Crippen LogP contribution in [0.4, 0.5) is 4.79 Å². The molecular weight excluding hydrogens is 312 g/mol.